The quantitative estimate of drug-likeness (QED) is 0.802. The highest BCUT2D eigenvalue weighted by Crippen LogP contribution is 2.17. The minimum absolute atomic E-state index is 0.0871. The van der Waals surface area contributed by atoms with Crippen molar-refractivity contribution in [1.29, 1.82) is 0 Å². The predicted octanol–water partition coefficient (Wildman–Crippen LogP) is 1.78. The number of methoxy groups -OCH3 is 1. The van der Waals surface area contributed by atoms with Crippen LogP contribution < -0.4 is 5.32 Å². The van der Waals surface area contributed by atoms with Crippen molar-refractivity contribution in [2.24, 2.45) is 5.92 Å². The molecule has 1 amide bonds. The van der Waals surface area contributed by atoms with Gasteiger partial charge in [-0.2, -0.15) is 0 Å². The van der Waals surface area contributed by atoms with Crippen molar-refractivity contribution in [3.63, 3.8) is 0 Å². The van der Waals surface area contributed by atoms with Crippen molar-refractivity contribution in [2.75, 3.05) is 20.2 Å². The summed E-state index contributed by atoms with van der Waals surface area (Å²) in [4.78, 5) is 25.4. The van der Waals surface area contributed by atoms with Gasteiger partial charge >= 0.3 is 12.1 Å². The summed E-state index contributed by atoms with van der Waals surface area (Å²) in [5.74, 6) is -0.131. The highest BCUT2D eigenvalue weighted by atomic mass is 16.6. The lowest BCUT2D eigenvalue weighted by molar-refractivity contribution is -0.144. The van der Waals surface area contributed by atoms with Gasteiger partial charge in [-0.25, -0.2) is 4.79 Å². The molecule has 0 aromatic heterocycles. The molecular formula is C15H28N2O4. The van der Waals surface area contributed by atoms with Gasteiger partial charge in [0.15, 0.2) is 0 Å². The minimum atomic E-state index is -0.491. The SMILES string of the molecule is COC(=O)C(NC1CCN(C(=O)OC(C)(C)C)C1)C(C)C. The zero-order chi connectivity index (χ0) is 16.2. The predicted molar refractivity (Wildman–Crippen MR) is 80.0 cm³/mol. The minimum Gasteiger partial charge on any atom is -0.468 e. The van der Waals surface area contributed by atoms with Gasteiger partial charge < -0.3 is 14.4 Å². The van der Waals surface area contributed by atoms with E-state index in [2.05, 4.69) is 5.32 Å². The van der Waals surface area contributed by atoms with E-state index in [0.29, 0.717) is 13.1 Å². The van der Waals surface area contributed by atoms with Crippen LogP contribution in [0, 0.1) is 5.92 Å². The van der Waals surface area contributed by atoms with E-state index in [1.807, 2.05) is 34.6 Å². The van der Waals surface area contributed by atoms with Crippen molar-refractivity contribution in [2.45, 2.75) is 58.7 Å². The van der Waals surface area contributed by atoms with Crippen molar-refractivity contribution in [3.8, 4) is 0 Å². The molecule has 1 fully saturated rings. The van der Waals surface area contributed by atoms with Gasteiger partial charge in [0.2, 0.25) is 0 Å². The molecule has 21 heavy (non-hydrogen) atoms. The van der Waals surface area contributed by atoms with Gasteiger partial charge in [-0.15, -0.1) is 0 Å². The molecule has 0 aliphatic carbocycles. The van der Waals surface area contributed by atoms with Crippen LogP contribution in [0.2, 0.25) is 0 Å². The van der Waals surface area contributed by atoms with Gasteiger partial charge in [0.05, 0.1) is 7.11 Å². The highest BCUT2D eigenvalue weighted by molar-refractivity contribution is 5.76. The third-order valence-electron chi connectivity index (χ3n) is 3.38. The number of hydrogen-bond donors (Lipinski definition) is 1. The summed E-state index contributed by atoms with van der Waals surface area (Å²) in [6, 6.07) is -0.261. The number of carbonyl (C=O) groups excluding carboxylic acids is 2. The molecule has 2 unspecified atom stereocenters. The van der Waals surface area contributed by atoms with Crippen LogP contribution in [0.3, 0.4) is 0 Å². The number of nitrogens with one attached hydrogen (secondary N) is 1. The first-order valence-electron chi connectivity index (χ1n) is 7.46. The van der Waals surface area contributed by atoms with Crippen LogP contribution in [0.1, 0.15) is 41.0 Å². The number of amides is 1. The second-order valence-corrected chi connectivity index (χ2v) is 6.82. The monoisotopic (exact) mass is 300 g/mol. The van der Waals surface area contributed by atoms with Gasteiger partial charge in [0.1, 0.15) is 11.6 Å². The molecule has 6 nitrogen and oxygen atoms in total. The van der Waals surface area contributed by atoms with E-state index in [-0.39, 0.29) is 30.1 Å². The Kier molecular flexibility index (Phi) is 6.01. The topological polar surface area (TPSA) is 67.9 Å². The lowest BCUT2D eigenvalue weighted by Crippen LogP contribution is -2.48. The van der Waals surface area contributed by atoms with Crippen molar-refractivity contribution in [3.05, 3.63) is 0 Å². The Morgan fingerprint density at radius 1 is 1.29 bits per heavy atom. The van der Waals surface area contributed by atoms with Crippen LogP contribution in [0.4, 0.5) is 4.79 Å². The average Bonchev–Trinajstić information content (AvgIpc) is 2.81. The van der Waals surface area contributed by atoms with Crippen LogP contribution in [0.5, 0.6) is 0 Å². The van der Waals surface area contributed by atoms with Gasteiger partial charge in [0, 0.05) is 19.1 Å². The van der Waals surface area contributed by atoms with Gasteiger partial charge in [-0.05, 0) is 33.1 Å². The molecule has 1 aliphatic heterocycles. The number of likely N-dealkylation sites (tertiary alicyclic amines) is 1. The van der Waals surface area contributed by atoms with E-state index in [9.17, 15) is 9.59 Å². The van der Waals surface area contributed by atoms with Gasteiger partial charge in [-0.1, -0.05) is 13.8 Å². The molecule has 1 saturated heterocycles. The Morgan fingerprint density at radius 2 is 1.90 bits per heavy atom. The maximum atomic E-state index is 12.0. The molecule has 122 valence electrons. The summed E-state index contributed by atoms with van der Waals surface area (Å²) < 4.78 is 10.2. The largest absolute Gasteiger partial charge is 0.468 e. The molecule has 1 aliphatic rings. The van der Waals surface area contributed by atoms with Crippen LogP contribution >= 0.6 is 0 Å². The maximum Gasteiger partial charge on any atom is 0.410 e. The molecule has 1 rings (SSSR count). The summed E-state index contributed by atoms with van der Waals surface area (Å²) in [7, 11) is 1.39. The van der Waals surface area contributed by atoms with E-state index < -0.39 is 5.60 Å². The van der Waals surface area contributed by atoms with Crippen LogP contribution in [0.15, 0.2) is 0 Å². The third kappa shape index (κ3) is 5.53. The van der Waals surface area contributed by atoms with E-state index >= 15 is 0 Å². The summed E-state index contributed by atoms with van der Waals surface area (Å²) >= 11 is 0. The highest BCUT2D eigenvalue weighted by Gasteiger charge is 2.33. The Labute approximate surface area is 127 Å². The molecule has 0 radical (unpaired) electrons. The van der Waals surface area contributed by atoms with Crippen LogP contribution in [0.25, 0.3) is 0 Å². The molecule has 0 bridgehead atoms. The standard InChI is InChI=1S/C15H28N2O4/c1-10(2)12(13(18)20-6)16-11-7-8-17(9-11)14(19)21-15(3,4)5/h10-12,16H,7-9H2,1-6H3. The maximum absolute atomic E-state index is 12.0. The summed E-state index contributed by atoms with van der Waals surface area (Å²) in [5.41, 5.74) is -0.491. The fourth-order valence-corrected chi connectivity index (χ4v) is 2.30. The first-order valence-corrected chi connectivity index (χ1v) is 7.46. The molecule has 0 aromatic carbocycles. The average molecular weight is 300 g/mol. The molecule has 0 saturated carbocycles. The Bertz CT molecular complexity index is 376. The Morgan fingerprint density at radius 3 is 2.38 bits per heavy atom. The molecular weight excluding hydrogens is 272 g/mol. The first-order chi connectivity index (χ1) is 9.64. The second-order valence-electron chi connectivity index (χ2n) is 6.82. The number of rotatable bonds is 4. The molecule has 0 aromatic rings. The number of hydrogen-bond acceptors (Lipinski definition) is 5. The van der Waals surface area contributed by atoms with Gasteiger partial charge in [0.25, 0.3) is 0 Å². The third-order valence-corrected chi connectivity index (χ3v) is 3.38. The fraction of sp³-hybridized carbons (Fsp3) is 0.867. The van der Waals surface area contributed by atoms with Crippen molar-refractivity contribution < 1.29 is 19.1 Å². The van der Waals surface area contributed by atoms with Crippen LogP contribution in [-0.4, -0.2) is 54.8 Å². The zero-order valence-corrected chi connectivity index (χ0v) is 13.9. The number of esters is 1. The van der Waals surface area contributed by atoms with E-state index in [4.69, 9.17) is 9.47 Å². The summed E-state index contributed by atoms with van der Waals surface area (Å²) in [5, 5.41) is 3.29. The summed E-state index contributed by atoms with van der Waals surface area (Å²) in [6.45, 7) is 10.7. The molecule has 6 heteroatoms. The smallest absolute Gasteiger partial charge is 0.410 e. The van der Waals surface area contributed by atoms with Gasteiger partial charge in [-0.3, -0.25) is 10.1 Å². The van der Waals surface area contributed by atoms with Crippen molar-refractivity contribution >= 4 is 12.1 Å². The lowest BCUT2D eigenvalue weighted by atomic mass is 10.0. The lowest BCUT2D eigenvalue weighted by Gasteiger charge is -2.26. The Hall–Kier alpha value is -1.30. The normalized spacial score (nSPS) is 20.5. The fourth-order valence-electron chi connectivity index (χ4n) is 2.30. The molecule has 2 atom stereocenters. The second kappa shape index (κ2) is 7.11. The zero-order valence-electron chi connectivity index (χ0n) is 13.9. The summed E-state index contributed by atoms with van der Waals surface area (Å²) in [6.07, 6.45) is 0.505. The van der Waals surface area contributed by atoms with E-state index in [0.717, 1.165) is 6.42 Å². The molecule has 1 heterocycles. The Balaban J connectivity index is 2.54. The number of ether oxygens (including phenoxy) is 2. The molecule has 1 N–H and O–H groups in total. The number of nitrogens with zero attached hydrogens (tertiary/aromatic N) is 1. The van der Waals surface area contributed by atoms with Crippen molar-refractivity contribution in [1.82, 2.24) is 10.2 Å². The van der Waals surface area contributed by atoms with E-state index in [1.54, 1.807) is 4.90 Å². The van der Waals surface area contributed by atoms with Crippen LogP contribution in [-0.2, 0) is 14.3 Å². The van der Waals surface area contributed by atoms with E-state index in [1.165, 1.54) is 7.11 Å². The first kappa shape index (κ1) is 17.8. The number of carbonyl (C=O) groups is 2. The molecule has 0 spiro atoms.